The molecule has 0 bridgehead atoms. The first-order chi connectivity index (χ1) is 8.70. The molecule has 4 heteroatoms. The lowest BCUT2D eigenvalue weighted by Gasteiger charge is -2.10. The molecule has 0 aromatic heterocycles. The maximum atomic E-state index is 12.1. The van der Waals surface area contributed by atoms with Crippen molar-refractivity contribution in [2.75, 3.05) is 25.9 Å². The van der Waals surface area contributed by atoms with Gasteiger partial charge in [0.1, 0.15) is 5.75 Å². The Bertz CT molecular complexity index is 463. The Morgan fingerprint density at radius 1 is 1.39 bits per heavy atom. The number of nitrogens with two attached hydrogens (primary N) is 1. The second kappa shape index (κ2) is 5.58. The summed E-state index contributed by atoms with van der Waals surface area (Å²) in [7, 11) is 1.54. The van der Waals surface area contributed by atoms with Gasteiger partial charge in [0.15, 0.2) is 5.78 Å². The molecule has 0 saturated carbocycles. The SMILES string of the molecule is COc1cc(N)ccc1C(=O)C=CN1CCCC1. The topological polar surface area (TPSA) is 55.6 Å². The van der Waals surface area contributed by atoms with Crippen LogP contribution >= 0.6 is 0 Å². The molecule has 0 spiro atoms. The van der Waals surface area contributed by atoms with Crippen LogP contribution in [0.5, 0.6) is 5.75 Å². The molecule has 1 aliphatic heterocycles. The number of ketones is 1. The lowest BCUT2D eigenvalue weighted by molar-refractivity contribution is 0.104. The lowest BCUT2D eigenvalue weighted by atomic mass is 10.1. The molecule has 1 aromatic carbocycles. The number of nitrogens with zero attached hydrogens (tertiary/aromatic N) is 1. The van der Waals surface area contributed by atoms with Crippen molar-refractivity contribution in [3.8, 4) is 5.75 Å². The predicted octanol–water partition coefficient (Wildman–Crippen LogP) is 2.07. The molecule has 0 aliphatic carbocycles. The molecule has 1 heterocycles. The summed E-state index contributed by atoms with van der Waals surface area (Å²) in [5.41, 5.74) is 6.79. The zero-order valence-electron chi connectivity index (χ0n) is 10.6. The van der Waals surface area contributed by atoms with Crippen LogP contribution in [-0.2, 0) is 0 Å². The van der Waals surface area contributed by atoms with E-state index in [2.05, 4.69) is 4.90 Å². The van der Waals surface area contributed by atoms with Crippen molar-refractivity contribution in [2.24, 2.45) is 0 Å². The number of benzene rings is 1. The minimum atomic E-state index is -0.0567. The Labute approximate surface area is 107 Å². The van der Waals surface area contributed by atoms with Crippen LogP contribution < -0.4 is 10.5 Å². The van der Waals surface area contributed by atoms with Crippen molar-refractivity contribution in [1.29, 1.82) is 0 Å². The minimum absolute atomic E-state index is 0.0567. The van der Waals surface area contributed by atoms with E-state index < -0.39 is 0 Å². The van der Waals surface area contributed by atoms with E-state index >= 15 is 0 Å². The van der Waals surface area contributed by atoms with Crippen LogP contribution in [0.4, 0.5) is 5.69 Å². The molecule has 0 unspecified atom stereocenters. The predicted molar refractivity (Wildman–Crippen MR) is 71.7 cm³/mol. The highest BCUT2D eigenvalue weighted by Gasteiger charge is 2.11. The lowest BCUT2D eigenvalue weighted by Crippen LogP contribution is -2.11. The first-order valence-corrected chi connectivity index (χ1v) is 6.11. The highest BCUT2D eigenvalue weighted by Crippen LogP contribution is 2.22. The van der Waals surface area contributed by atoms with Crippen molar-refractivity contribution >= 4 is 11.5 Å². The molecule has 0 amide bonds. The molecule has 2 N–H and O–H groups in total. The van der Waals surface area contributed by atoms with E-state index in [9.17, 15) is 4.79 Å². The molecular weight excluding hydrogens is 228 g/mol. The van der Waals surface area contributed by atoms with Gasteiger partial charge in [0, 0.05) is 37.1 Å². The zero-order valence-corrected chi connectivity index (χ0v) is 10.6. The number of hydrogen-bond donors (Lipinski definition) is 1. The van der Waals surface area contributed by atoms with Gasteiger partial charge >= 0.3 is 0 Å². The molecule has 2 rings (SSSR count). The number of carbonyl (C=O) groups excluding carboxylic acids is 1. The Kier molecular flexibility index (Phi) is 3.87. The number of carbonyl (C=O) groups is 1. The number of methoxy groups -OCH3 is 1. The van der Waals surface area contributed by atoms with Crippen molar-refractivity contribution < 1.29 is 9.53 Å². The molecule has 96 valence electrons. The van der Waals surface area contributed by atoms with E-state index in [-0.39, 0.29) is 5.78 Å². The fraction of sp³-hybridized carbons (Fsp3) is 0.357. The van der Waals surface area contributed by atoms with Gasteiger partial charge in [0.25, 0.3) is 0 Å². The van der Waals surface area contributed by atoms with Crippen LogP contribution in [0.2, 0.25) is 0 Å². The summed E-state index contributed by atoms with van der Waals surface area (Å²) < 4.78 is 5.17. The summed E-state index contributed by atoms with van der Waals surface area (Å²) in [5, 5.41) is 0. The van der Waals surface area contributed by atoms with E-state index in [0.29, 0.717) is 17.0 Å². The van der Waals surface area contributed by atoms with Gasteiger partial charge in [0.2, 0.25) is 0 Å². The maximum Gasteiger partial charge on any atom is 0.191 e. The number of nitrogen functional groups attached to an aromatic ring is 1. The van der Waals surface area contributed by atoms with Crippen LogP contribution in [0.1, 0.15) is 23.2 Å². The molecule has 18 heavy (non-hydrogen) atoms. The third kappa shape index (κ3) is 2.83. The standard InChI is InChI=1S/C14H18N2O2/c1-18-14-10-11(15)4-5-12(14)13(17)6-9-16-7-2-3-8-16/h4-6,9-10H,2-3,7-8,15H2,1H3. The Morgan fingerprint density at radius 2 is 2.11 bits per heavy atom. The number of ether oxygens (including phenoxy) is 1. The van der Waals surface area contributed by atoms with E-state index in [1.165, 1.54) is 20.0 Å². The van der Waals surface area contributed by atoms with Gasteiger partial charge < -0.3 is 15.4 Å². The molecule has 0 atom stereocenters. The normalized spacial score (nSPS) is 15.3. The smallest absolute Gasteiger partial charge is 0.191 e. The molecule has 1 aromatic rings. The van der Waals surface area contributed by atoms with E-state index in [1.54, 1.807) is 24.3 Å². The highest BCUT2D eigenvalue weighted by atomic mass is 16.5. The Hall–Kier alpha value is -1.97. The third-order valence-corrected chi connectivity index (χ3v) is 3.07. The average molecular weight is 246 g/mol. The summed E-state index contributed by atoms with van der Waals surface area (Å²) in [5.74, 6) is 0.463. The first-order valence-electron chi connectivity index (χ1n) is 6.11. The van der Waals surface area contributed by atoms with E-state index in [4.69, 9.17) is 10.5 Å². The van der Waals surface area contributed by atoms with Gasteiger partial charge in [-0.1, -0.05) is 0 Å². The molecule has 0 radical (unpaired) electrons. The number of hydrogen-bond acceptors (Lipinski definition) is 4. The van der Waals surface area contributed by atoms with E-state index in [0.717, 1.165) is 13.1 Å². The summed E-state index contributed by atoms with van der Waals surface area (Å²) in [6, 6.07) is 5.07. The van der Waals surface area contributed by atoms with Crippen LogP contribution in [0.25, 0.3) is 0 Å². The largest absolute Gasteiger partial charge is 0.496 e. The number of anilines is 1. The van der Waals surface area contributed by atoms with Crippen LogP contribution in [0, 0.1) is 0 Å². The van der Waals surface area contributed by atoms with Gasteiger partial charge in [-0.05, 0) is 25.0 Å². The summed E-state index contributed by atoms with van der Waals surface area (Å²) in [6.07, 6.45) is 5.86. The second-order valence-electron chi connectivity index (χ2n) is 4.38. The summed E-state index contributed by atoms with van der Waals surface area (Å²) >= 11 is 0. The van der Waals surface area contributed by atoms with E-state index in [1.807, 2.05) is 6.20 Å². The van der Waals surface area contributed by atoms with Crippen molar-refractivity contribution in [2.45, 2.75) is 12.8 Å². The van der Waals surface area contributed by atoms with Gasteiger partial charge in [-0.15, -0.1) is 0 Å². The molecule has 4 nitrogen and oxygen atoms in total. The fourth-order valence-electron chi connectivity index (χ4n) is 2.06. The molecule has 1 saturated heterocycles. The number of likely N-dealkylation sites (tertiary alicyclic amines) is 1. The second-order valence-corrected chi connectivity index (χ2v) is 4.38. The Balaban J connectivity index is 2.12. The van der Waals surface area contributed by atoms with Gasteiger partial charge in [-0.2, -0.15) is 0 Å². The zero-order chi connectivity index (χ0) is 13.0. The summed E-state index contributed by atoms with van der Waals surface area (Å²) in [4.78, 5) is 14.2. The first kappa shape index (κ1) is 12.5. The molecular formula is C14H18N2O2. The molecule has 1 fully saturated rings. The van der Waals surface area contributed by atoms with Crippen molar-refractivity contribution in [1.82, 2.24) is 4.90 Å². The van der Waals surface area contributed by atoms with Crippen LogP contribution in [0.3, 0.4) is 0 Å². The highest BCUT2D eigenvalue weighted by molar-refractivity contribution is 6.06. The monoisotopic (exact) mass is 246 g/mol. The van der Waals surface area contributed by atoms with Crippen molar-refractivity contribution in [3.05, 3.63) is 36.0 Å². The van der Waals surface area contributed by atoms with Crippen LogP contribution in [-0.4, -0.2) is 30.9 Å². The maximum absolute atomic E-state index is 12.1. The van der Waals surface area contributed by atoms with Gasteiger partial charge in [0.05, 0.1) is 12.7 Å². The average Bonchev–Trinajstić information content (AvgIpc) is 2.88. The minimum Gasteiger partial charge on any atom is -0.496 e. The summed E-state index contributed by atoms with van der Waals surface area (Å²) in [6.45, 7) is 2.06. The fourth-order valence-corrected chi connectivity index (χ4v) is 2.06. The van der Waals surface area contributed by atoms with Gasteiger partial charge in [-0.3, -0.25) is 4.79 Å². The van der Waals surface area contributed by atoms with Crippen LogP contribution in [0.15, 0.2) is 30.5 Å². The van der Waals surface area contributed by atoms with Crippen molar-refractivity contribution in [3.63, 3.8) is 0 Å². The third-order valence-electron chi connectivity index (χ3n) is 3.07. The quantitative estimate of drug-likeness (QED) is 0.502. The molecule has 1 aliphatic rings. The number of rotatable bonds is 4. The Morgan fingerprint density at radius 3 is 2.78 bits per heavy atom. The van der Waals surface area contributed by atoms with Gasteiger partial charge in [-0.25, -0.2) is 0 Å². The number of allylic oxidation sites excluding steroid dienone is 1.